The van der Waals surface area contributed by atoms with Gasteiger partial charge in [-0.1, -0.05) is 0 Å². The molecule has 1 aromatic rings. The topological polar surface area (TPSA) is 60.2 Å². The van der Waals surface area contributed by atoms with Crippen molar-refractivity contribution in [1.29, 1.82) is 0 Å². The minimum atomic E-state index is -0.162. The highest BCUT2D eigenvalue weighted by Crippen LogP contribution is 2.28. The summed E-state index contributed by atoms with van der Waals surface area (Å²) >= 11 is 0. The molecule has 2 atom stereocenters. The van der Waals surface area contributed by atoms with E-state index in [1.54, 1.807) is 12.7 Å². The highest BCUT2D eigenvalue weighted by Gasteiger charge is 2.34. The Labute approximate surface area is 94.2 Å². The van der Waals surface area contributed by atoms with Crippen LogP contribution >= 0.6 is 0 Å². The van der Waals surface area contributed by atoms with Crippen LogP contribution in [0.2, 0.25) is 0 Å². The molecule has 0 radical (unpaired) electrons. The van der Waals surface area contributed by atoms with Gasteiger partial charge in [0, 0.05) is 6.54 Å². The van der Waals surface area contributed by atoms with Crippen molar-refractivity contribution in [2.24, 2.45) is 5.92 Å². The summed E-state index contributed by atoms with van der Waals surface area (Å²) in [6.07, 6.45) is 4.23. The zero-order valence-electron chi connectivity index (χ0n) is 9.54. The third-order valence-corrected chi connectivity index (χ3v) is 3.10. The Balaban J connectivity index is 2.18. The quantitative estimate of drug-likeness (QED) is 0.659. The molecule has 0 aromatic carbocycles. The molecule has 0 aliphatic carbocycles. The van der Waals surface area contributed by atoms with E-state index in [-0.39, 0.29) is 17.9 Å². The highest BCUT2D eigenvalue weighted by atomic mass is 16.5. The lowest BCUT2D eigenvalue weighted by Crippen LogP contribution is -2.43. The summed E-state index contributed by atoms with van der Waals surface area (Å²) in [5.74, 6) is -0.301. The minimum Gasteiger partial charge on any atom is -0.469 e. The number of likely N-dealkylation sites (tertiary alicyclic amines) is 1. The van der Waals surface area contributed by atoms with Gasteiger partial charge in [0.1, 0.15) is 12.7 Å². The van der Waals surface area contributed by atoms with Gasteiger partial charge < -0.3 is 14.2 Å². The maximum Gasteiger partial charge on any atom is 0.312 e. The summed E-state index contributed by atoms with van der Waals surface area (Å²) in [6.45, 7) is 1.69. The Morgan fingerprint density at radius 3 is 2.75 bits per heavy atom. The van der Waals surface area contributed by atoms with E-state index in [1.165, 1.54) is 7.11 Å². The standard InChI is InChI=1S/C10H16N4O2/c1-13-4-3-9(14-6-11-12-7-14)8(5-13)10(15)16-2/h6-9H,3-5H2,1-2H3. The van der Waals surface area contributed by atoms with E-state index in [2.05, 4.69) is 15.1 Å². The number of esters is 1. The van der Waals surface area contributed by atoms with Crippen LogP contribution < -0.4 is 0 Å². The number of hydrogen-bond donors (Lipinski definition) is 0. The Kier molecular flexibility index (Phi) is 3.19. The molecule has 1 aromatic heterocycles. The van der Waals surface area contributed by atoms with Crippen molar-refractivity contribution in [3.05, 3.63) is 12.7 Å². The lowest BCUT2D eigenvalue weighted by atomic mass is 9.92. The number of carbonyl (C=O) groups is 1. The van der Waals surface area contributed by atoms with Crippen LogP contribution in [0.1, 0.15) is 12.5 Å². The van der Waals surface area contributed by atoms with Crippen molar-refractivity contribution in [2.75, 3.05) is 27.2 Å². The lowest BCUT2D eigenvalue weighted by Gasteiger charge is -2.35. The van der Waals surface area contributed by atoms with Crippen LogP contribution in [0.3, 0.4) is 0 Å². The van der Waals surface area contributed by atoms with Crippen LogP contribution in [-0.2, 0) is 9.53 Å². The second-order valence-corrected chi connectivity index (χ2v) is 4.16. The van der Waals surface area contributed by atoms with Gasteiger partial charge in [0.25, 0.3) is 0 Å². The third-order valence-electron chi connectivity index (χ3n) is 3.10. The van der Waals surface area contributed by atoms with Gasteiger partial charge in [0.15, 0.2) is 0 Å². The van der Waals surface area contributed by atoms with Crippen LogP contribution in [0.15, 0.2) is 12.7 Å². The number of aromatic nitrogens is 3. The Bertz CT molecular complexity index is 352. The van der Waals surface area contributed by atoms with Gasteiger partial charge in [-0.2, -0.15) is 0 Å². The zero-order valence-corrected chi connectivity index (χ0v) is 9.54. The number of ether oxygens (including phenoxy) is 1. The fraction of sp³-hybridized carbons (Fsp3) is 0.700. The maximum atomic E-state index is 11.7. The number of piperidine rings is 1. The first-order valence-electron chi connectivity index (χ1n) is 5.33. The zero-order chi connectivity index (χ0) is 11.5. The average Bonchev–Trinajstić information content (AvgIpc) is 2.81. The molecule has 1 aliphatic heterocycles. The molecule has 6 nitrogen and oxygen atoms in total. The van der Waals surface area contributed by atoms with Crippen LogP contribution in [0.25, 0.3) is 0 Å². The van der Waals surface area contributed by atoms with Crippen LogP contribution in [0.4, 0.5) is 0 Å². The van der Waals surface area contributed by atoms with E-state index < -0.39 is 0 Å². The number of methoxy groups -OCH3 is 1. The van der Waals surface area contributed by atoms with E-state index in [9.17, 15) is 4.79 Å². The van der Waals surface area contributed by atoms with Gasteiger partial charge in [-0.15, -0.1) is 10.2 Å². The van der Waals surface area contributed by atoms with Crippen LogP contribution in [-0.4, -0.2) is 52.9 Å². The maximum absolute atomic E-state index is 11.7. The van der Waals surface area contributed by atoms with E-state index in [1.807, 2.05) is 11.6 Å². The molecule has 88 valence electrons. The smallest absolute Gasteiger partial charge is 0.312 e. The molecular weight excluding hydrogens is 208 g/mol. The Morgan fingerprint density at radius 1 is 1.44 bits per heavy atom. The first-order chi connectivity index (χ1) is 7.72. The molecule has 16 heavy (non-hydrogen) atoms. The van der Waals surface area contributed by atoms with Crippen molar-refractivity contribution >= 4 is 5.97 Å². The first-order valence-corrected chi connectivity index (χ1v) is 5.33. The molecule has 6 heteroatoms. The van der Waals surface area contributed by atoms with Gasteiger partial charge in [0.2, 0.25) is 0 Å². The van der Waals surface area contributed by atoms with Gasteiger partial charge in [-0.05, 0) is 20.0 Å². The van der Waals surface area contributed by atoms with E-state index >= 15 is 0 Å². The van der Waals surface area contributed by atoms with Crippen molar-refractivity contribution < 1.29 is 9.53 Å². The monoisotopic (exact) mass is 224 g/mol. The molecular formula is C10H16N4O2. The molecule has 0 amide bonds. The predicted octanol–water partition coefficient (Wildman–Crippen LogP) is -0.0561. The molecule has 1 fully saturated rings. The van der Waals surface area contributed by atoms with Crippen molar-refractivity contribution in [3.63, 3.8) is 0 Å². The summed E-state index contributed by atoms with van der Waals surface area (Å²) in [6, 6.07) is 0.110. The highest BCUT2D eigenvalue weighted by molar-refractivity contribution is 5.73. The molecule has 1 aliphatic rings. The Morgan fingerprint density at radius 2 is 2.12 bits per heavy atom. The van der Waals surface area contributed by atoms with Crippen molar-refractivity contribution in [2.45, 2.75) is 12.5 Å². The summed E-state index contributed by atoms with van der Waals surface area (Å²) in [7, 11) is 3.44. The van der Waals surface area contributed by atoms with Crippen LogP contribution in [0.5, 0.6) is 0 Å². The van der Waals surface area contributed by atoms with E-state index in [4.69, 9.17) is 4.74 Å². The molecule has 0 bridgehead atoms. The van der Waals surface area contributed by atoms with Gasteiger partial charge in [-0.3, -0.25) is 4.79 Å². The fourth-order valence-electron chi connectivity index (χ4n) is 2.22. The number of rotatable bonds is 2. The molecule has 0 spiro atoms. The minimum absolute atomic E-state index is 0.110. The predicted molar refractivity (Wildman–Crippen MR) is 56.7 cm³/mol. The SMILES string of the molecule is COC(=O)C1CN(C)CCC1n1cnnc1. The summed E-state index contributed by atoms with van der Waals surface area (Å²) in [4.78, 5) is 13.9. The number of carbonyl (C=O) groups excluding carboxylic acids is 1. The fourth-order valence-corrected chi connectivity index (χ4v) is 2.22. The Hall–Kier alpha value is -1.43. The molecule has 2 heterocycles. The van der Waals surface area contributed by atoms with Gasteiger partial charge in [-0.25, -0.2) is 0 Å². The van der Waals surface area contributed by atoms with Gasteiger partial charge in [0.05, 0.1) is 19.1 Å². The molecule has 1 saturated heterocycles. The molecule has 0 N–H and O–H groups in total. The summed E-state index contributed by atoms with van der Waals surface area (Å²) in [5, 5.41) is 7.57. The average molecular weight is 224 g/mol. The molecule has 2 rings (SSSR count). The second-order valence-electron chi connectivity index (χ2n) is 4.16. The van der Waals surface area contributed by atoms with Crippen molar-refractivity contribution in [3.8, 4) is 0 Å². The summed E-state index contributed by atoms with van der Waals surface area (Å²) in [5.41, 5.74) is 0. The third kappa shape index (κ3) is 2.06. The normalized spacial score (nSPS) is 26.6. The summed E-state index contributed by atoms with van der Waals surface area (Å²) < 4.78 is 6.74. The largest absolute Gasteiger partial charge is 0.469 e. The van der Waals surface area contributed by atoms with Crippen molar-refractivity contribution in [1.82, 2.24) is 19.7 Å². The second kappa shape index (κ2) is 4.61. The first kappa shape index (κ1) is 11.1. The van der Waals surface area contributed by atoms with Gasteiger partial charge >= 0.3 is 5.97 Å². The van der Waals surface area contributed by atoms with E-state index in [0.717, 1.165) is 19.5 Å². The van der Waals surface area contributed by atoms with Crippen LogP contribution in [0, 0.1) is 5.92 Å². The number of hydrogen-bond acceptors (Lipinski definition) is 5. The van der Waals surface area contributed by atoms with E-state index in [0.29, 0.717) is 0 Å². The molecule has 2 unspecified atom stereocenters. The number of nitrogens with zero attached hydrogens (tertiary/aromatic N) is 4. The lowest BCUT2D eigenvalue weighted by molar-refractivity contribution is -0.149. The molecule has 0 saturated carbocycles.